The highest BCUT2D eigenvalue weighted by Gasteiger charge is 2.29. The first-order chi connectivity index (χ1) is 10.1. The summed E-state index contributed by atoms with van der Waals surface area (Å²) in [7, 11) is 0. The molecule has 1 fully saturated rings. The van der Waals surface area contributed by atoms with Gasteiger partial charge in [-0.3, -0.25) is 9.59 Å². The van der Waals surface area contributed by atoms with Crippen molar-refractivity contribution in [1.82, 2.24) is 5.32 Å². The number of hydrogen-bond acceptors (Lipinski definition) is 2. The molecule has 1 aliphatic heterocycles. The van der Waals surface area contributed by atoms with Crippen LogP contribution in [-0.2, 0) is 9.59 Å². The van der Waals surface area contributed by atoms with E-state index in [2.05, 4.69) is 16.4 Å². The second-order valence-electron chi connectivity index (χ2n) is 6.04. The molecule has 1 heterocycles. The summed E-state index contributed by atoms with van der Waals surface area (Å²) in [5, 5.41) is 4.78. The molecule has 1 aliphatic carbocycles. The first kappa shape index (κ1) is 14.0. The number of nitrogens with zero attached hydrogens (tertiary/aromatic N) is 1. The summed E-state index contributed by atoms with van der Waals surface area (Å²) in [6, 6.07) is 4.05. The van der Waals surface area contributed by atoms with Crippen molar-refractivity contribution in [3.63, 3.8) is 0 Å². The number of aryl methyl sites for hydroxylation is 2. The van der Waals surface area contributed by atoms with E-state index in [1.54, 1.807) is 0 Å². The summed E-state index contributed by atoms with van der Waals surface area (Å²) in [4.78, 5) is 28.0. The predicted molar refractivity (Wildman–Crippen MR) is 80.0 cm³/mol. The molecule has 1 aromatic rings. The van der Waals surface area contributed by atoms with Gasteiger partial charge in [0.15, 0.2) is 0 Å². The molecule has 1 N–H and O–H groups in total. The monoisotopic (exact) mass is 284 g/mol. The Labute approximate surface area is 124 Å². The highest BCUT2D eigenvalue weighted by atomic mass is 16.2. The molecule has 0 aromatic heterocycles. The molecule has 110 valence electrons. The van der Waals surface area contributed by atoms with Gasteiger partial charge in [-0.2, -0.15) is 0 Å². The Morgan fingerprint density at radius 1 is 1.29 bits per heavy atom. The number of rotatable bonds is 4. The summed E-state index contributed by atoms with van der Waals surface area (Å²) < 4.78 is 0. The van der Waals surface area contributed by atoms with E-state index in [-0.39, 0.29) is 23.7 Å². The Hall–Kier alpha value is -1.97. The van der Waals surface area contributed by atoms with Gasteiger partial charge in [-0.15, -0.1) is 0 Å². The minimum atomic E-state index is -0.225. The molecule has 0 bridgehead atoms. The van der Waals surface area contributed by atoms with Gasteiger partial charge in [0.05, 0.1) is 11.3 Å². The lowest BCUT2D eigenvalue weighted by molar-refractivity contribution is -0.123. The van der Waals surface area contributed by atoms with E-state index in [1.165, 1.54) is 0 Å². The molecule has 0 saturated heterocycles. The molecule has 4 nitrogen and oxygen atoms in total. The van der Waals surface area contributed by atoms with Crippen LogP contribution >= 0.6 is 0 Å². The minimum absolute atomic E-state index is 0.100. The van der Waals surface area contributed by atoms with E-state index in [0.29, 0.717) is 13.0 Å². The Bertz CT molecular complexity index is 717. The highest BCUT2D eigenvalue weighted by molar-refractivity contribution is 5.86. The van der Waals surface area contributed by atoms with E-state index in [4.69, 9.17) is 0 Å². The first-order valence-electron chi connectivity index (χ1n) is 7.54. The lowest BCUT2D eigenvalue weighted by Crippen LogP contribution is -2.38. The van der Waals surface area contributed by atoms with Crippen LogP contribution in [0.15, 0.2) is 17.1 Å². The maximum Gasteiger partial charge on any atom is 0.253 e. The number of fused-ring (bicyclic) bond motifs is 1. The minimum Gasteiger partial charge on any atom is -0.356 e. The number of nitrogens with one attached hydrogen (secondary N) is 1. The second-order valence-corrected chi connectivity index (χ2v) is 6.04. The fourth-order valence-corrected chi connectivity index (χ4v) is 2.69. The molecule has 1 unspecified atom stereocenters. The molecular formula is C17H20N2O2. The van der Waals surface area contributed by atoms with Gasteiger partial charge in [0.1, 0.15) is 0 Å². The number of amides is 2. The van der Waals surface area contributed by atoms with Crippen molar-refractivity contribution < 1.29 is 9.59 Å². The van der Waals surface area contributed by atoms with Crippen LogP contribution < -0.4 is 15.9 Å². The third-order valence-corrected chi connectivity index (χ3v) is 4.25. The second kappa shape index (κ2) is 5.43. The largest absolute Gasteiger partial charge is 0.356 e. The van der Waals surface area contributed by atoms with Crippen LogP contribution in [0.4, 0.5) is 0 Å². The Morgan fingerprint density at radius 2 is 2.00 bits per heavy atom. The van der Waals surface area contributed by atoms with Crippen LogP contribution in [0.1, 0.15) is 30.4 Å². The van der Waals surface area contributed by atoms with Crippen molar-refractivity contribution >= 4 is 17.9 Å². The maximum absolute atomic E-state index is 12.1. The number of carbonyl (C=O) groups is 2. The lowest BCUT2D eigenvalue weighted by atomic mass is 9.97. The third-order valence-electron chi connectivity index (χ3n) is 4.25. The zero-order valence-corrected chi connectivity index (χ0v) is 12.5. The molecule has 0 spiro atoms. The third kappa shape index (κ3) is 2.89. The van der Waals surface area contributed by atoms with Gasteiger partial charge < -0.3 is 5.32 Å². The Balaban J connectivity index is 1.75. The van der Waals surface area contributed by atoms with Gasteiger partial charge >= 0.3 is 0 Å². The fourth-order valence-electron chi connectivity index (χ4n) is 2.69. The topological polar surface area (TPSA) is 58.5 Å². The number of carbonyl (C=O) groups excluding carboxylic acids is 2. The van der Waals surface area contributed by atoms with Crippen molar-refractivity contribution in [2.24, 2.45) is 16.8 Å². The van der Waals surface area contributed by atoms with Gasteiger partial charge in [0.2, 0.25) is 5.91 Å². The van der Waals surface area contributed by atoms with Crippen LogP contribution in [0.2, 0.25) is 0 Å². The zero-order chi connectivity index (χ0) is 15.0. The molecule has 3 rings (SSSR count). The van der Waals surface area contributed by atoms with Crippen LogP contribution in [0, 0.1) is 25.7 Å². The summed E-state index contributed by atoms with van der Waals surface area (Å²) in [5.74, 6) is 0.0170. The normalized spacial score (nSPS) is 20.3. The quantitative estimate of drug-likeness (QED) is 0.888. The van der Waals surface area contributed by atoms with E-state index >= 15 is 0 Å². The molecule has 4 heteroatoms. The van der Waals surface area contributed by atoms with Crippen LogP contribution in [0.3, 0.4) is 0 Å². The molecular weight excluding hydrogens is 264 g/mol. The Morgan fingerprint density at radius 3 is 2.71 bits per heavy atom. The summed E-state index contributed by atoms with van der Waals surface area (Å²) in [6.45, 7) is 4.54. The van der Waals surface area contributed by atoms with Crippen molar-refractivity contribution in [3.05, 3.63) is 33.8 Å². The SMILES string of the molecule is Cc1ccc(C)c2c1=CC(CCNC(=O)C1CC1)C(=O)N=2. The summed E-state index contributed by atoms with van der Waals surface area (Å²) in [5.41, 5.74) is 2.17. The highest BCUT2D eigenvalue weighted by Crippen LogP contribution is 2.28. The van der Waals surface area contributed by atoms with Gasteiger partial charge in [-0.1, -0.05) is 18.2 Å². The van der Waals surface area contributed by atoms with E-state index in [0.717, 1.165) is 34.5 Å². The summed E-state index contributed by atoms with van der Waals surface area (Å²) in [6.07, 6.45) is 4.63. The molecule has 1 aromatic carbocycles. The first-order valence-corrected chi connectivity index (χ1v) is 7.54. The average molecular weight is 284 g/mol. The lowest BCUT2D eigenvalue weighted by Gasteiger charge is -2.14. The van der Waals surface area contributed by atoms with Gasteiger partial charge in [-0.05, 0) is 44.2 Å². The number of benzene rings is 1. The van der Waals surface area contributed by atoms with E-state index in [1.807, 2.05) is 26.0 Å². The number of hydrogen-bond donors (Lipinski definition) is 1. The molecule has 21 heavy (non-hydrogen) atoms. The zero-order valence-electron chi connectivity index (χ0n) is 12.5. The van der Waals surface area contributed by atoms with Crippen molar-refractivity contribution in [2.75, 3.05) is 6.54 Å². The van der Waals surface area contributed by atoms with Crippen LogP contribution in [0.25, 0.3) is 6.08 Å². The maximum atomic E-state index is 12.1. The van der Waals surface area contributed by atoms with Crippen molar-refractivity contribution in [3.8, 4) is 0 Å². The molecule has 0 radical (unpaired) electrons. The van der Waals surface area contributed by atoms with Crippen molar-refractivity contribution in [2.45, 2.75) is 33.1 Å². The molecule has 2 aliphatic rings. The molecule has 1 saturated carbocycles. The smallest absolute Gasteiger partial charge is 0.253 e. The van der Waals surface area contributed by atoms with E-state index < -0.39 is 0 Å². The molecule has 2 amide bonds. The van der Waals surface area contributed by atoms with Crippen molar-refractivity contribution in [1.29, 1.82) is 0 Å². The fraction of sp³-hybridized carbons (Fsp3) is 0.471. The van der Waals surface area contributed by atoms with Gasteiger partial charge in [0.25, 0.3) is 5.91 Å². The molecule has 1 atom stereocenters. The average Bonchev–Trinajstić information content (AvgIpc) is 3.29. The van der Waals surface area contributed by atoms with Crippen LogP contribution in [-0.4, -0.2) is 18.4 Å². The Kier molecular flexibility index (Phi) is 3.62. The van der Waals surface area contributed by atoms with Gasteiger partial charge in [0, 0.05) is 17.7 Å². The van der Waals surface area contributed by atoms with Crippen LogP contribution in [0.5, 0.6) is 0 Å². The van der Waals surface area contributed by atoms with E-state index in [9.17, 15) is 9.59 Å². The summed E-state index contributed by atoms with van der Waals surface area (Å²) >= 11 is 0. The van der Waals surface area contributed by atoms with Gasteiger partial charge in [-0.25, -0.2) is 4.99 Å². The predicted octanol–water partition coefficient (Wildman–Crippen LogP) is 0.776. The standard InChI is InChI=1S/C17H20N2O2/c1-10-3-4-11(2)15-14(10)9-13(17(21)19-15)7-8-18-16(20)12-5-6-12/h3-4,9,12-13H,5-8H2,1-2H3,(H,18,20).